The molecular formula is C9H19N3O3. The number of rotatable bonds is 4. The Morgan fingerprint density at radius 1 is 1.60 bits per heavy atom. The van der Waals surface area contributed by atoms with Crippen LogP contribution in [0, 0.1) is 5.41 Å². The lowest BCUT2D eigenvalue weighted by molar-refractivity contribution is -0.138. The van der Waals surface area contributed by atoms with Crippen molar-refractivity contribution in [3.8, 4) is 0 Å². The molecule has 0 heterocycles. The average molecular weight is 217 g/mol. The van der Waals surface area contributed by atoms with Crippen LogP contribution in [0.2, 0.25) is 0 Å². The SMILES string of the molecule is CC(CO)N(C)C(=O)C(C)(C)C(N)=NO. The molecule has 88 valence electrons. The van der Waals surface area contributed by atoms with Gasteiger partial charge >= 0.3 is 0 Å². The van der Waals surface area contributed by atoms with E-state index in [4.69, 9.17) is 16.0 Å². The number of carbonyl (C=O) groups excluding carboxylic acids is 1. The van der Waals surface area contributed by atoms with Crippen LogP contribution >= 0.6 is 0 Å². The third-order valence-electron chi connectivity index (χ3n) is 2.53. The average Bonchev–Trinajstić information content (AvgIpc) is 2.24. The largest absolute Gasteiger partial charge is 0.409 e. The fraction of sp³-hybridized carbons (Fsp3) is 0.778. The van der Waals surface area contributed by atoms with Crippen LogP contribution < -0.4 is 5.73 Å². The smallest absolute Gasteiger partial charge is 0.236 e. The fourth-order valence-corrected chi connectivity index (χ4v) is 0.998. The van der Waals surface area contributed by atoms with Gasteiger partial charge in [0.05, 0.1) is 12.6 Å². The third-order valence-corrected chi connectivity index (χ3v) is 2.53. The fourth-order valence-electron chi connectivity index (χ4n) is 0.998. The molecule has 4 N–H and O–H groups in total. The van der Waals surface area contributed by atoms with E-state index in [1.54, 1.807) is 27.8 Å². The second-order valence-electron chi connectivity index (χ2n) is 4.06. The van der Waals surface area contributed by atoms with Crippen molar-refractivity contribution in [2.24, 2.45) is 16.3 Å². The molecule has 0 rings (SSSR count). The molecule has 0 aromatic heterocycles. The van der Waals surface area contributed by atoms with Gasteiger partial charge in [-0.2, -0.15) is 0 Å². The van der Waals surface area contributed by atoms with Crippen molar-refractivity contribution in [2.45, 2.75) is 26.8 Å². The second-order valence-corrected chi connectivity index (χ2v) is 4.06. The standard InChI is InChI=1S/C9H19N3O3/c1-6(5-13)12(4)8(14)9(2,3)7(10)11-15/h6,13,15H,5H2,1-4H3,(H2,10,11). The number of nitrogens with zero attached hydrogens (tertiary/aromatic N) is 2. The van der Waals surface area contributed by atoms with Crippen molar-refractivity contribution in [3.05, 3.63) is 0 Å². The summed E-state index contributed by atoms with van der Waals surface area (Å²) in [5.74, 6) is -0.455. The monoisotopic (exact) mass is 217 g/mol. The van der Waals surface area contributed by atoms with E-state index >= 15 is 0 Å². The number of aliphatic hydroxyl groups is 1. The van der Waals surface area contributed by atoms with Gasteiger partial charge in [0, 0.05) is 7.05 Å². The van der Waals surface area contributed by atoms with E-state index in [1.807, 2.05) is 0 Å². The van der Waals surface area contributed by atoms with Crippen molar-refractivity contribution < 1.29 is 15.1 Å². The number of likely N-dealkylation sites (N-methyl/N-ethyl adjacent to an activating group) is 1. The summed E-state index contributed by atoms with van der Waals surface area (Å²) >= 11 is 0. The minimum Gasteiger partial charge on any atom is -0.409 e. The molecule has 1 unspecified atom stereocenters. The number of amidine groups is 1. The van der Waals surface area contributed by atoms with Crippen LogP contribution in [0.5, 0.6) is 0 Å². The Morgan fingerprint density at radius 3 is 2.40 bits per heavy atom. The molecular weight excluding hydrogens is 198 g/mol. The van der Waals surface area contributed by atoms with Gasteiger partial charge in [0.25, 0.3) is 0 Å². The number of hydrogen-bond acceptors (Lipinski definition) is 4. The van der Waals surface area contributed by atoms with Gasteiger partial charge in [-0.05, 0) is 20.8 Å². The first-order chi connectivity index (χ1) is 6.78. The molecule has 1 atom stereocenters. The van der Waals surface area contributed by atoms with Gasteiger partial charge in [-0.3, -0.25) is 4.79 Å². The molecule has 0 saturated heterocycles. The van der Waals surface area contributed by atoms with E-state index in [2.05, 4.69) is 5.16 Å². The van der Waals surface area contributed by atoms with Crippen molar-refractivity contribution in [1.82, 2.24) is 4.90 Å². The molecule has 6 nitrogen and oxygen atoms in total. The van der Waals surface area contributed by atoms with Gasteiger partial charge in [-0.1, -0.05) is 5.16 Å². The quantitative estimate of drug-likeness (QED) is 0.258. The van der Waals surface area contributed by atoms with Crippen LogP contribution in [0.25, 0.3) is 0 Å². The number of hydrogen-bond donors (Lipinski definition) is 3. The molecule has 0 aromatic carbocycles. The molecule has 0 aliphatic carbocycles. The molecule has 0 radical (unpaired) electrons. The molecule has 6 heteroatoms. The molecule has 0 aromatic rings. The molecule has 0 aliphatic rings. The topological polar surface area (TPSA) is 99.2 Å². The number of amides is 1. The Labute approximate surface area is 89.4 Å². The minimum absolute atomic E-state index is 0.130. The molecule has 0 aliphatic heterocycles. The van der Waals surface area contributed by atoms with Gasteiger partial charge < -0.3 is 20.9 Å². The summed E-state index contributed by atoms with van der Waals surface area (Å²) in [6.07, 6.45) is 0. The number of carbonyl (C=O) groups is 1. The van der Waals surface area contributed by atoms with E-state index in [9.17, 15) is 4.79 Å². The normalized spacial score (nSPS) is 14.9. The van der Waals surface area contributed by atoms with Crippen LogP contribution in [0.3, 0.4) is 0 Å². The van der Waals surface area contributed by atoms with Crippen LogP contribution in [-0.4, -0.2) is 46.7 Å². The summed E-state index contributed by atoms with van der Waals surface area (Å²) < 4.78 is 0. The van der Waals surface area contributed by atoms with Crippen LogP contribution in [-0.2, 0) is 4.79 Å². The van der Waals surface area contributed by atoms with E-state index < -0.39 is 5.41 Å². The highest BCUT2D eigenvalue weighted by molar-refractivity contribution is 6.05. The molecule has 0 spiro atoms. The lowest BCUT2D eigenvalue weighted by Gasteiger charge is -2.31. The zero-order chi connectivity index (χ0) is 12.2. The zero-order valence-electron chi connectivity index (χ0n) is 9.56. The highest BCUT2D eigenvalue weighted by atomic mass is 16.4. The van der Waals surface area contributed by atoms with Gasteiger partial charge in [0.15, 0.2) is 5.84 Å². The predicted octanol–water partition coefficient (Wildman–Crippen LogP) is -0.402. The zero-order valence-corrected chi connectivity index (χ0v) is 9.56. The Morgan fingerprint density at radius 2 is 2.07 bits per heavy atom. The Balaban J connectivity index is 4.85. The van der Waals surface area contributed by atoms with E-state index in [1.165, 1.54) is 4.90 Å². The van der Waals surface area contributed by atoms with Crippen molar-refractivity contribution in [3.63, 3.8) is 0 Å². The van der Waals surface area contributed by atoms with Gasteiger partial charge in [0.1, 0.15) is 5.41 Å². The first-order valence-corrected chi connectivity index (χ1v) is 4.65. The van der Waals surface area contributed by atoms with E-state index in [-0.39, 0.29) is 24.4 Å². The summed E-state index contributed by atoms with van der Waals surface area (Å²) in [4.78, 5) is 13.3. The summed E-state index contributed by atoms with van der Waals surface area (Å²) in [6.45, 7) is 4.70. The maximum absolute atomic E-state index is 11.9. The maximum atomic E-state index is 11.9. The van der Waals surface area contributed by atoms with Crippen molar-refractivity contribution in [2.75, 3.05) is 13.7 Å². The van der Waals surface area contributed by atoms with E-state index in [0.29, 0.717) is 0 Å². The molecule has 0 saturated carbocycles. The van der Waals surface area contributed by atoms with Crippen LogP contribution in [0.4, 0.5) is 0 Å². The summed E-state index contributed by atoms with van der Waals surface area (Å²) in [5, 5.41) is 20.3. The lowest BCUT2D eigenvalue weighted by atomic mass is 9.90. The maximum Gasteiger partial charge on any atom is 0.236 e. The van der Waals surface area contributed by atoms with Gasteiger partial charge in [0.2, 0.25) is 5.91 Å². The van der Waals surface area contributed by atoms with Crippen LogP contribution in [0.15, 0.2) is 5.16 Å². The molecule has 15 heavy (non-hydrogen) atoms. The van der Waals surface area contributed by atoms with Gasteiger partial charge in [-0.25, -0.2) is 0 Å². The third kappa shape index (κ3) is 2.82. The highest BCUT2D eigenvalue weighted by Gasteiger charge is 2.36. The first kappa shape index (κ1) is 13.7. The first-order valence-electron chi connectivity index (χ1n) is 4.65. The van der Waals surface area contributed by atoms with Gasteiger partial charge in [-0.15, -0.1) is 0 Å². The Bertz CT molecular complexity index is 263. The van der Waals surface area contributed by atoms with Crippen LogP contribution in [0.1, 0.15) is 20.8 Å². The Hall–Kier alpha value is -1.30. The molecule has 1 amide bonds. The number of aliphatic hydroxyl groups excluding tert-OH is 1. The molecule has 0 bridgehead atoms. The van der Waals surface area contributed by atoms with Crippen molar-refractivity contribution in [1.29, 1.82) is 0 Å². The summed E-state index contributed by atoms with van der Waals surface area (Å²) in [5.41, 5.74) is 4.34. The number of oxime groups is 1. The lowest BCUT2D eigenvalue weighted by Crippen LogP contribution is -2.50. The predicted molar refractivity (Wildman–Crippen MR) is 56.5 cm³/mol. The molecule has 0 fully saturated rings. The minimum atomic E-state index is -1.08. The van der Waals surface area contributed by atoms with E-state index in [0.717, 1.165) is 0 Å². The summed E-state index contributed by atoms with van der Waals surface area (Å²) in [7, 11) is 1.57. The Kier molecular flexibility index (Phi) is 4.54. The highest BCUT2D eigenvalue weighted by Crippen LogP contribution is 2.19. The summed E-state index contributed by atoms with van der Waals surface area (Å²) in [6, 6.07) is -0.303. The van der Waals surface area contributed by atoms with Crippen molar-refractivity contribution >= 4 is 11.7 Å². The second kappa shape index (κ2) is 4.97. The number of nitrogens with two attached hydrogens (primary N) is 1.